The van der Waals surface area contributed by atoms with Gasteiger partial charge < -0.3 is 0 Å². The Labute approximate surface area is 122 Å². The minimum atomic E-state index is -3.60. The summed E-state index contributed by atoms with van der Waals surface area (Å²) in [5.74, 6) is -0.453. The van der Waals surface area contributed by atoms with Crippen molar-refractivity contribution in [3.8, 4) is 0 Å². The summed E-state index contributed by atoms with van der Waals surface area (Å²) in [4.78, 5) is 2.42. The van der Waals surface area contributed by atoms with Crippen LogP contribution in [0.4, 0.5) is 4.39 Å². The van der Waals surface area contributed by atoms with Gasteiger partial charge in [0.25, 0.3) is 0 Å². The monoisotopic (exact) mass is 313 g/mol. The summed E-state index contributed by atoms with van der Waals surface area (Å²) in [6.45, 7) is 3.83. The summed E-state index contributed by atoms with van der Waals surface area (Å²) >= 11 is 1.66. The van der Waals surface area contributed by atoms with E-state index in [1.807, 2.05) is 26.0 Å². The maximum Gasteiger partial charge on any atom is 0.240 e. The van der Waals surface area contributed by atoms with Crippen molar-refractivity contribution in [1.82, 2.24) is 4.72 Å². The van der Waals surface area contributed by atoms with Crippen molar-refractivity contribution in [2.24, 2.45) is 0 Å². The van der Waals surface area contributed by atoms with E-state index in [0.717, 1.165) is 17.0 Å². The second kappa shape index (κ2) is 6.03. The third kappa shape index (κ3) is 3.88. The molecule has 3 nitrogen and oxygen atoms in total. The molecule has 0 radical (unpaired) electrons. The van der Waals surface area contributed by atoms with Crippen LogP contribution in [0.5, 0.6) is 0 Å². The number of halogens is 1. The van der Waals surface area contributed by atoms with E-state index in [-0.39, 0.29) is 10.9 Å². The second-order valence-corrected chi connectivity index (χ2v) is 7.78. The highest BCUT2D eigenvalue weighted by Crippen LogP contribution is 2.18. The molecule has 0 spiro atoms. The fourth-order valence-corrected chi connectivity index (χ4v) is 4.15. The fraction of sp³-hybridized carbons (Fsp3) is 0.286. The molecule has 0 aliphatic carbocycles. The smallest absolute Gasteiger partial charge is 0.208 e. The van der Waals surface area contributed by atoms with E-state index in [2.05, 4.69) is 4.72 Å². The fourth-order valence-electron chi connectivity index (χ4n) is 1.88. The minimum absolute atomic E-state index is 0.0770. The molecule has 2 rings (SSSR count). The van der Waals surface area contributed by atoms with Crippen LogP contribution in [0.2, 0.25) is 0 Å². The Morgan fingerprint density at radius 2 is 1.85 bits per heavy atom. The molecule has 0 saturated heterocycles. The zero-order valence-corrected chi connectivity index (χ0v) is 12.9. The lowest BCUT2D eigenvalue weighted by Crippen LogP contribution is -2.33. The maximum atomic E-state index is 12.8. The number of hydrogen-bond acceptors (Lipinski definition) is 3. The molecular formula is C14H16FNO2S2. The van der Waals surface area contributed by atoms with Crippen LogP contribution >= 0.6 is 11.3 Å². The molecule has 1 aromatic heterocycles. The molecule has 0 saturated carbocycles. The first kappa shape index (κ1) is 15.2. The Kier molecular flexibility index (Phi) is 4.57. The van der Waals surface area contributed by atoms with Gasteiger partial charge in [0.15, 0.2) is 0 Å². The second-order valence-electron chi connectivity index (χ2n) is 4.69. The third-order valence-corrected chi connectivity index (χ3v) is 5.41. The van der Waals surface area contributed by atoms with E-state index in [1.54, 1.807) is 11.3 Å². The zero-order chi connectivity index (χ0) is 14.8. The Balaban J connectivity index is 2.06. The Morgan fingerprint density at radius 3 is 2.40 bits per heavy atom. The lowest BCUT2D eigenvalue weighted by molar-refractivity contribution is 0.560. The summed E-state index contributed by atoms with van der Waals surface area (Å²) < 4.78 is 39.7. The first-order chi connectivity index (χ1) is 9.37. The van der Waals surface area contributed by atoms with Gasteiger partial charge in [0.1, 0.15) is 5.82 Å². The molecule has 0 aliphatic heterocycles. The third-order valence-electron chi connectivity index (χ3n) is 2.78. The normalized spacial score (nSPS) is 13.3. The van der Waals surface area contributed by atoms with Crippen LogP contribution in [0.15, 0.2) is 41.3 Å². The Morgan fingerprint density at radius 1 is 1.20 bits per heavy atom. The van der Waals surface area contributed by atoms with Gasteiger partial charge in [-0.25, -0.2) is 17.5 Å². The van der Waals surface area contributed by atoms with E-state index in [4.69, 9.17) is 0 Å². The lowest BCUT2D eigenvalue weighted by atomic mass is 10.2. The first-order valence-corrected chi connectivity index (χ1v) is 8.50. The minimum Gasteiger partial charge on any atom is -0.208 e. The summed E-state index contributed by atoms with van der Waals surface area (Å²) in [5, 5.41) is 0. The molecule has 108 valence electrons. The van der Waals surface area contributed by atoms with Gasteiger partial charge >= 0.3 is 0 Å². The van der Waals surface area contributed by atoms with Crippen LogP contribution in [-0.4, -0.2) is 14.5 Å². The van der Waals surface area contributed by atoms with Gasteiger partial charge in [-0.2, -0.15) is 0 Å². The van der Waals surface area contributed by atoms with Crippen LogP contribution < -0.4 is 4.72 Å². The van der Waals surface area contributed by atoms with E-state index in [0.29, 0.717) is 6.42 Å². The highest BCUT2D eigenvalue weighted by atomic mass is 32.2. The molecule has 1 heterocycles. The van der Waals surface area contributed by atoms with Crippen molar-refractivity contribution in [2.75, 3.05) is 0 Å². The molecule has 6 heteroatoms. The number of sulfonamides is 1. The van der Waals surface area contributed by atoms with Crippen LogP contribution in [0, 0.1) is 12.7 Å². The molecule has 1 N–H and O–H groups in total. The largest absolute Gasteiger partial charge is 0.240 e. The van der Waals surface area contributed by atoms with Gasteiger partial charge in [-0.05, 0) is 56.7 Å². The molecule has 0 amide bonds. The highest BCUT2D eigenvalue weighted by Gasteiger charge is 2.17. The summed E-state index contributed by atoms with van der Waals surface area (Å²) in [7, 11) is -3.60. The molecular weight excluding hydrogens is 297 g/mol. The van der Waals surface area contributed by atoms with Crippen molar-refractivity contribution in [3.05, 3.63) is 52.0 Å². The van der Waals surface area contributed by atoms with Crippen LogP contribution in [0.1, 0.15) is 16.7 Å². The molecule has 20 heavy (non-hydrogen) atoms. The summed E-state index contributed by atoms with van der Waals surface area (Å²) in [5.41, 5.74) is 0. The van der Waals surface area contributed by atoms with Crippen LogP contribution in [0.25, 0.3) is 0 Å². The van der Waals surface area contributed by atoms with E-state index < -0.39 is 15.8 Å². The number of hydrogen-bond donors (Lipinski definition) is 1. The Hall–Kier alpha value is -1.24. The number of rotatable bonds is 5. The zero-order valence-electron chi connectivity index (χ0n) is 11.3. The van der Waals surface area contributed by atoms with Gasteiger partial charge in [0, 0.05) is 15.8 Å². The van der Waals surface area contributed by atoms with Gasteiger partial charge in [-0.3, -0.25) is 0 Å². The number of aryl methyl sites for hydroxylation is 1. The highest BCUT2D eigenvalue weighted by molar-refractivity contribution is 7.89. The predicted octanol–water partition coefficient (Wildman–Crippen LogP) is 3.11. The molecule has 0 bridgehead atoms. The van der Waals surface area contributed by atoms with Crippen molar-refractivity contribution >= 4 is 21.4 Å². The SMILES string of the molecule is Cc1ccc(CC(C)NS(=O)(=O)c2ccc(F)cc2)s1. The van der Waals surface area contributed by atoms with Crippen molar-refractivity contribution in [2.45, 2.75) is 31.2 Å². The standard InChI is InChI=1S/C14H16FNO2S2/c1-10(9-13-6-3-11(2)19-13)16-20(17,18)14-7-4-12(15)5-8-14/h3-8,10,16H,9H2,1-2H3. The summed E-state index contributed by atoms with van der Waals surface area (Å²) in [6, 6.07) is 8.61. The number of nitrogens with one attached hydrogen (secondary N) is 1. The van der Waals surface area contributed by atoms with E-state index in [9.17, 15) is 12.8 Å². The van der Waals surface area contributed by atoms with Crippen molar-refractivity contribution in [3.63, 3.8) is 0 Å². The van der Waals surface area contributed by atoms with Crippen LogP contribution in [-0.2, 0) is 16.4 Å². The predicted molar refractivity (Wildman–Crippen MR) is 78.9 cm³/mol. The molecule has 1 atom stereocenters. The molecule has 0 aliphatic rings. The molecule has 0 fully saturated rings. The topological polar surface area (TPSA) is 46.2 Å². The van der Waals surface area contributed by atoms with Crippen molar-refractivity contribution in [1.29, 1.82) is 0 Å². The molecule has 1 aromatic carbocycles. The van der Waals surface area contributed by atoms with E-state index in [1.165, 1.54) is 17.0 Å². The van der Waals surface area contributed by atoms with E-state index >= 15 is 0 Å². The van der Waals surface area contributed by atoms with Gasteiger partial charge in [0.2, 0.25) is 10.0 Å². The van der Waals surface area contributed by atoms with Crippen molar-refractivity contribution < 1.29 is 12.8 Å². The van der Waals surface area contributed by atoms with Gasteiger partial charge in [-0.1, -0.05) is 0 Å². The number of benzene rings is 1. The number of thiophene rings is 1. The van der Waals surface area contributed by atoms with Gasteiger partial charge in [-0.15, -0.1) is 11.3 Å². The summed E-state index contributed by atoms with van der Waals surface area (Å²) in [6.07, 6.45) is 0.638. The Bertz CT molecular complexity index is 677. The molecule has 1 unspecified atom stereocenters. The average Bonchev–Trinajstić information content (AvgIpc) is 2.74. The van der Waals surface area contributed by atoms with Crippen LogP contribution in [0.3, 0.4) is 0 Å². The molecule has 2 aromatic rings. The average molecular weight is 313 g/mol. The van der Waals surface area contributed by atoms with Gasteiger partial charge in [0.05, 0.1) is 4.90 Å². The lowest BCUT2D eigenvalue weighted by Gasteiger charge is -2.13. The maximum absolute atomic E-state index is 12.8. The quantitative estimate of drug-likeness (QED) is 0.922. The first-order valence-electron chi connectivity index (χ1n) is 6.20.